The fraction of sp³-hybridized carbons (Fsp3) is 0.261. The van der Waals surface area contributed by atoms with Crippen molar-refractivity contribution in [2.75, 3.05) is 7.11 Å². The smallest absolute Gasteiger partial charge is 0.195 e. The second kappa shape index (κ2) is 7.08. The Bertz CT molecular complexity index is 1120. The molecule has 4 nitrogen and oxygen atoms in total. The normalized spacial score (nSPS) is 11.9. The molecule has 0 amide bonds. The van der Waals surface area contributed by atoms with Crippen molar-refractivity contribution in [2.24, 2.45) is 5.73 Å². The fourth-order valence-electron chi connectivity index (χ4n) is 3.40. The van der Waals surface area contributed by atoms with Crippen LogP contribution < -0.4 is 10.5 Å². The molecule has 28 heavy (non-hydrogen) atoms. The van der Waals surface area contributed by atoms with Crippen LogP contribution in [0.3, 0.4) is 0 Å². The largest absolute Gasteiger partial charge is 0.496 e. The van der Waals surface area contributed by atoms with Gasteiger partial charge in [-0.2, -0.15) is 0 Å². The van der Waals surface area contributed by atoms with Crippen molar-refractivity contribution in [3.05, 3.63) is 66.0 Å². The highest BCUT2D eigenvalue weighted by Gasteiger charge is 2.22. The van der Waals surface area contributed by atoms with E-state index in [0.29, 0.717) is 6.54 Å². The van der Waals surface area contributed by atoms with Gasteiger partial charge in [-0.05, 0) is 28.7 Å². The minimum atomic E-state index is 0.0431. The monoisotopic (exact) mass is 391 g/mol. The predicted octanol–water partition coefficient (Wildman–Crippen LogP) is 5.49. The molecule has 4 rings (SSSR count). The molecule has 0 aliphatic heterocycles. The predicted molar refractivity (Wildman–Crippen MR) is 117 cm³/mol. The summed E-state index contributed by atoms with van der Waals surface area (Å²) in [6, 6.07) is 16.7. The number of hydrogen-bond acceptors (Lipinski definition) is 4. The van der Waals surface area contributed by atoms with Crippen LogP contribution in [-0.2, 0) is 12.0 Å². The first kappa shape index (κ1) is 18.7. The number of ether oxygens (including phenoxy) is 1. The minimum Gasteiger partial charge on any atom is -0.496 e. The summed E-state index contributed by atoms with van der Waals surface area (Å²) >= 11 is 1.67. The van der Waals surface area contributed by atoms with Gasteiger partial charge in [0.1, 0.15) is 5.75 Å². The molecule has 0 unspecified atom stereocenters. The third kappa shape index (κ3) is 3.21. The van der Waals surface area contributed by atoms with Gasteiger partial charge in [0.15, 0.2) is 4.96 Å². The number of nitrogens with zero attached hydrogens (tertiary/aromatic N) is 2. The number of nitrogens with two attached hydrogens (primary N) is 1. The van der Waals surface area contributed by atoms with Gasteiger partial charge in [-0.3, -0.25) is 4.40 Å². The van der Waals surface area contributed by atoms with Gasteiger partial charge in [-0.25, -0.2) is 4.98 Å². The average molecular weight is 392 g/mol. The highest BCUT2D eigenvalue weighted by Crippen LogP contribution is 2.38. The Hall–Kier alpha value is -2.63. The van der Waals surface area contributed by atoms with Crippen LogP contribution in [0.15, 0.2) is 54.7 Å². The molecule has 4 aromatic rings. The Morgan fingerprint density at radius 1 is 1.11 bits per heavy atom. The van der Waals surface area contributed by atoms with E-state index in [-0.39, 0.29) is 5.41 Å². The second-order valence-corrected chi connectivity index (χ2v) is 8.90. The van der Waals surface area contributed by atoms with E-state index < -0.39 is 0 Å². The first-order valence-electron chi connectivity index (χ1n) is 9.37. The maximum Gasteiger partial charge on any atom is 0.195 e. The van der Waals surface area contributed by atoms with Crippen molar-refractivity contribution in [2.45, 2.75) is 32.7 Å². The van der Waals surface area contributed by atoms with Gasteiger partial charge in [-0.1, -0.05) is 68.5 Å². The molecule has 0 saturated heterocycles. The molecular weight excluding hydrogens is 366 g/mol. The van der Waals surface area contributed by atoms with Crippen molar-refractivity contribution < 1.29 is 4.74 Å². The van der Waals surface area contributed by atoms with Crippen LogP contribution in [0, 0.1) is 0 Å². The molecule has 0 radical (unpaired) electrons. The molecule has 2 heterocycles. The molecule has 5 heteroatoms. The molecule has 0 atom stereocenters. The van der Waals surface area contributed by atoms with E-state index in [4.69, 9.17) is 15.5 Å². The van der Waals surface area contributed by atoms with E-state index in [2.05, 4.69) is 67.8 Å². The Morgan fingerprint density at radius 3 is 2.50 bits per heavy atom. The summed E-state index contributed by atoms with van der Waals surface area (Å²) < 4.78 is 7.76. The maximum atomic E-state index is 6.16. The van der Waals surface area contributed by atoms with Crippen molar-refractivity contribution in [1.82, 2.24) is 9.38 Å². The third-order valence-corrected chi connectivity index (χ3v) is 6.03. The summed E-state index contributed by atoms with van der Waals surface area (Å²) in [5.41, 5.74) is 11.5. The summed E-state index contributed by atoms with van der Waals surface area (Å²) in [6.45, 7) is 7.03. The molecule has 2 aromatic heterocycles. The minimum absolute atomic E-state index is 0.0431. The molecule has 144 valence electrons. The molecule has 0 spiro atoms. The van der Waals surface area contributed by atoms with E-state index in [1.54, 1.807) is 18.4 Å². The summed E-state index contributed by atoms with van der Waals surface area (Å²) in [5.74, 6) is 0.816. The SMILES string of the molecule is COc1ccc(C(C)(C)C)cc1-c1nc2sc(-c3ccccc3)cn2c1CN. The third-order valence-electron chi connectivity index (χ3n) is 5.00. The van der Waals surface area contributed by atoms with E-state index in [0.717, 1.165) is 27.7 Å². The molecule has 0 bridgehead atoms. The van der Waals surface area contributed by atoms with Gasteiger partial charge >= 0.3 is 0 Å². The number of rotatable bonds is 4. The van der Waals surface area contributed by atoms with Crippen molar-refractivity contribution in [3.8, 4) is 27.4 Å². The maximum absolute atomic E-state index is 6.16. The van der Waals surface area contributed by atoms with E-state index in [9.17, 15) is 0 Å². The Kier molecular flexibility index (Phi) is 4.73. The topological polar surface area (TPSA) is 52.5 Å². The van der Waals surface area contributed by atoms with E-state index in [1.807, 2.05) is 12.1 Å². The van der Waals surface area contributed by atoms with Crippen molar-refractivity contribution in [3.63, 3.8) is 0 Å². The summed E-state index contributed by atoms with van der Waals surface area (Å²) in [7, 11) is 1.70. The summed E-state index contributed by atoms with van der Waals surface area (Å²) in [4.78, 5) is 7.08. The summed E-state index contributed by atoms with van der Waals surface area (Å²) in [6.07, 6.45) is 2.13. The van der Waals surface area contributed by atoms with Gasteiger partial charge < -0.3 is 10.5 Å². The number of benzene rings is 2. The van der Waals surface area contributed by atoms with Crippen molar-refractivity contribution >= 4 is 16.3 Å². The Morgan fingerprint density at radius 2 is 1.86 bits per heavy atom. The van der Waals surface area contributed by atoms with Crippen LogP contribution in [0.25, 0.3) is 26.7 Å². The van der Waals surface area contributed by atoms with Crippen LogP contribution in [-0.4, -0.2) is 16.5 Å². The number of methoxy groups -OCH3 is 1. The van der Waals surface area contributed by atoms with Gasteiger partial charge in [0.2, 0.25) is 0 Å². The molecule has 0 aliphatic carbocycles. The van der Waals surface area contributed by atoms with Crippen molar-refractivity contribution in [1.29, 1.82) is 0 Å². The molecule has 0 saturated carbocycles. The van der Waals surface area contributed by atoms with Crippen LogP contribution in [0.5, 0.6) is 5.75 Å². The van der Waals surface area contributed by atoms with Crippen LogP contribution in [0.2, 0.25) is 0 Å². The van der Waals surface area contributed by atoms with Gasteiger partial charge in [0.05, 0.1) is 23.4 Å². The molecular formula is C23H25N3OS. The van der Waals surface area contributed by atoms with Gasteiger partial charge in [0, 0.05) is 18.3 Å². The number of thiazole rings is 1. The summed E-state index contributed by atoms with van der Waals surface area (Å²) in [5, 5.41) is 0. The highest BCUT2D eigenvalue weighted by molar-refractivity contribution is 7.20. The number of imidazole rings is 1. The van der Waals surface area contributed by atoms with Gasteiger partial charge in [-0.15, -0.1) is 0 Å². The zero-order valence-electron chi connectivity index (χ0n) is 16.7. The van der Waals surface area contributed by atoms with Crippen LogP contribution in [0.1, 0.15) is 32.0 Å². The fourth-order valence-corrected chi connectivity index (χ4v) is 4.40. The quantitative estimate of drug-likeness (QED) is 0.500. The lowest BCUT2D eigenvalue weighted by atomic mass is 9.85. The van der Waals surface area contributed by atoms with Crippen LogP contribution in [0.4, 0.5) is 0 Å². The molecule has 0 fully saturated rings. The zero-order chi connectivity index (χ0) is 19.9. The lowest BCUT2D eigenvalue weighted by molar-refractivity contribution is 0.415. The van der Waals surface area contributed by atoms with Crippen LogP contribution >= 0.6 is 11.3 Å². The molecule has 2 aromatic carbocycles. The number of hydrogen-bond donors (Lipinski definition) is 1. The molecule has 0 aliphatic rings. The molecule has 2 N–H and O–H groups in total. The second-order valence-electron chi connectivity index (χ2n) is 7.89. The number of aromatic nitrogens is 2. The zero-order valence-corrected chi connectivity index (χ0v) is 17.5. The average Bonchev–Trinajstić information content (AvgIpc) is 3.25. The van der Waals surface area contributed by atoms with E-state index >= 15 is 0 Å². The van der Waals surface area contributed by atoms with Gasteiger partial charge in [0.25, 0.3) is 0 Å². The lowest BCUT2D eigenvalue weighted by Crippen LogP contribution is -2.11. The first-order chi connectivity index (χ1) is 13.4. The Balaban J connectivity index is 1.89. The lowest BCUT2D eigenvalue weighted by Gasteiger charge is -2.21. The highest BCUT2D eigenvalue weighted by atomic mass is 32.1. The Labute approximate surface area is 169 Å². The number of fused-ring (bicyclic) bond motifs is 1. The van der Waals surface area contributed by atoms with E-state index in [1.165, 1.54) is 16.0 Å². The standard InChI is InChI=1S/C23H25N3OS/c1-23(2,3)16-10-11-19(27-4)17(12-16)21-18(13-24)26-14-20(28-22(26)25-21)15-8-6-5-7-9-15/h5-12,14H,13,24H2,1-4H3. The first-order valence-corrected chi connectivity index (χ1v) is 10.2.